The minimum absolute atomic E-state index is 0.0250. The number of ether oxygens (including phenoxy) is 1. The molecule has 0 bridgehead atoms. The van der Waals surface area contributed by atoms with Gasteiger partial charge in [0.25, 0.3) is 5.56 Å². The van der Waals surface area contributed by atoms with Crippen LogP contribution in [0.15, 0.2) is 47.3 Å². The number of rotatable bonds is 5. The van der Waals surface area contributed by atoms with Crippen molar-refractivity contribution in [3.63, 3.8) is 0 Å². The Morgan fingerprint density at radius 2 is 2.08 bits per heavy atom. The zero-order chi connectivity index (χ0) is 17.6. The van der Waals surface area contributed by atoms with Crippen molar-refractivity contribution in [1.82, 2.24) is 20.0 Å². The number of nitrogens with zero attached hydrogens (tertiary/aromatic N) is 3. The lowest BCUT2D eigenvalue weighted by molar-refractivity contribution is -0.123. The van der Waals surface area contributed by atoms with Crippen LogP contribution in [-0.4, -0.2) is 60.0 Å². The van der Waals surface area contributed by atoms with E-state index >= 15 is 0 Å². The summed E-state index contributed by atoms with van der Waals surface area (Å²) in [5.41, 5.74) is 1.25. The van der Waals surface area contributed by atoms with E-state index in [1.54, 1.807) is 6.07 Å². The second kappa shape index (κ2) is 8.04. The Labute approximate surface area is 146 Å². The number of carbonyl (C=O) groups excluding carboxylic acids is 1. The first-order valence-electron chi connectivity index (χ1n) is 8.32. The van der Waals surface area contributed by atoms with Crippen LogP contribution in [0.4, 0.5) is 0 Å². The minimum Gasteiger partial charge on any atom is -0.374 e. The van der Waals surface area contributed by atoms with Gasteiger partial charge in [-0.25, -0.2) is 4.68 Å². The predicted octanol–water partition coefficient (Wildman–Crippen LogP) is 0.357. The zero-order valence-electron chi connectivity index (χ0n) is 14.2. The molecule has 1 aliphatic rings. The molecule has 1 saturated heterocycles. The first kappa shape index (κ1) is 17.3. The van der Waals surface area contributed by atoms with Crippen LogP contribution in [0.25, 0.3) is 11.3 Å². The Morgan fingerprint density at radius 3 is 2.84 bits per heavy atom. The van der Waals surface area contributed by atoms with Crippen molar-refractivity contribution in [2.45, 2.75) is 12.6 Å². The van der Waals surface area contributed by atoms with E-state index in [0.29, 0.717) is 18.8 Å². The lowest BCUT2D eigenvalue weighted by Gasteiger charge is -2.30. The molecule has 132 valence electrons. The van der Waals surface area contributed by atoms with Crippen molar-refractivity contribution in [2.24, 2.45) is 0 Å². The third-order valence-electron chi connectivity index (χ3n) is 4.10. The monoisotopic (exact) mass is 342 g/mol. The van der Waals surface area contributed by atoms with Crippen LogP contribution < -0.4 is 10.9 Å². The van der Waals surface area contributed by atoms with Gasteiger partial charge in [0.1, 0.15) is 6.54 Å². The average Bonchev–Trinajstić information content (AvgIpc) is 2.63. The molecule has 1 atom stereocenters. The standard InChI is InChI=1S/C18H22N4O3/c1-21-9-10-25-15(12-21)11-19-17(23)13-22-18(24)8-7-16(20-22)14-5-3-2-4-6-14/h2-8,15H,9-13H2,1H3,(H,19,23)/t15-/m0/s1. The molecule has 1 fully saturated rings. The number of benzene rings is 1. The minimum atomic E-state index is -0.302. The van der Waals surface area contributed by atoms with Gasteiger partial charge in [-0.05, 0) is 13.1 Å². The van der Waals surface area contributed by atoms with Crippen molar-refractivity contribution < 1.29 is 9.53 Å². The van der Waals surface area contributed by atoms with Gasteiger partial charge in [-0.3, -0.25) is 9.59 Å². The third kappa shape index (κ3) is 4.74. The normalized spacial score (nSPS) is 18.0. The number of morpholine rings is 1. The van der Waals surface area contributed by atoms with E-state index in [4.69, 9.17) is 4.74 Å². The van der Waals surface area contributed by atoms with Gasteiger partial charge in [0, 0.05) is 31.3 Å². The lowest BCUT2D eigenvalue weighted by atomic mass is 10.1. The lowest BCUT2D eigenvalue weighted by Crippen LogP contribution is -2.46. The summed E-state index contributed by atoms with van der Waals surface area (Å²) in [5, 5.41) is 7.11. The fourth-order valence-electron chi connectivity index (χ4n) is 2.73. The summed E-state index contributed by atoms with van der Waals surface area (Å²) in [4.78, 5) is 26.3. The molecule has 7 nitrogen and oxygen atoms in total. The topological polar surface area (TPSA) is 76.5 Å². The van der Waals surface area contributed by atoms with Crippen LogP contribution in [0.3, 0.4) is 0 Å². The van der Waals surface area contributed by atoms with E-state index in [2.05, 4.69) is 15.3 Å². The first-order chi connectivity index (χ1) is 12.1. The Bertz CT molecular complexity index is 775. The summed E-state index contributed by atoms with van der Waals surface area (Å²) in [6.45, 7) is 2.66. The van der Waals surface area contributed by atoms with Crippen LogP contribution in [-0.2, 0) is 16.1 Å². The summed E-state index contributed by atoms with van der Waals surface area (Å²) >= 11 is 0. The second-order valence-corrected chi connectivity index (χ2v) is 6.14. The Kier molecular flexibility index (Phi) is 5.57. The molecule has 1 N–H and O–H groups in total. The van der Waals surface area contributed by atoms with Crippen LogP contribution in [0.1, 0.15) is 0 Å². The highest BCUT2D eigenvalue weighted by Crippen LogP contribution is 2.13. The number of nitrogens with one attached hydrogen (secondary N) is 1. The van der Waals surface area contributed by atoms with Gasteiger partial charge >= 0.3 is 0 Å². The van der Waals surface area contributed by atoms with Crippen LogP contribution in [0, 0.1) is 0 Å². The molecule has 0 saturated carbocycles. The van der Waals surface area contributed by atoms with Crippen LogP contribution in [0.5, 0.6) is 0 Å². The highest BCUT2D eigenvalue weighted by Gasteiger charge is 2.18. The first-order valence-corrected chi connectivity index (χ1v) is 8.32. The van der Waals surface area contributed by atoms with Crippen molar-refractivity contribution in [1.29, 1.82) is 0 Å². The molecule has 3 rings (SSSR count). The van der Waals surface area contributed by atoms with E-state index in [1.165, 1.54) is 10.7 Å². The Balaban J connectivity index is 1.62. The smallest absolute Gasteiger partial charge is 0.267 e. The van der Waals surface area contributed by atoms with E-state index in [1.807, 2.05) is 37.4 Å². The molecule has 1 aliphatic heterocycles. The average molecular weight is 342 g/mol. The maximum absolute atomic E-state index is 12.2. The van der Waals surface area contributed by atoms with Gasteiger partial charge < -0.3 is 15.0 Å². The van der Waals surface area contributed by atoms with E-state index in [0.717, 1.165) is 18.7 Å². The van der Waals surface area contributed by atoms with Gasteiger partial charge in [-0.2, -0.15) is 5.10 Å². The summed E-state index contributed by atoms with van der Waals surface area (Å²) in [7, 11) is 2.02. The molecule has 0 spiro atoms. The fraction of sp³-hybridized carbons (Fsp3) is 0.389. The van der Waals surface area contributed by atoms with E-state index in [-0.39, 0.29) is 24.1 Å². The number of hydrogen-bond donors (Lipinski definition) is 1. The quantitative estimate of drug-likeness (QED) is 0.849. The zero-order valence-corrected chi connectivity index (χ0v) is 14.2. The van der Waals surface area contributed by atoms with Crippen molar-refractivity contribution >= 4 is 5.91 Å². The summed E-state index contributed by atoms with van der Waals surface area (Å²) < 4.78 is 6.80. The van der Waals surface area contributed by atoms with Gasteiger partial charge in [-0.15, -0.1) is 0 Å². The maximum atomic E-state index is 12.2. The third-order valence-corrected chi connectivity index (χ3v) is 4.10. The molecule has 0 aliphatic carbocycles. The van der Waals surface area contributed by atoms with Gasteiger partial charge in [0.05, 0.1) is 18.4 Å². The van der Waals surface area contributed by atoms with Crippen LogP contribution in [0.2, 0.25) is 0 Å². The second-order valence-electron chi connectivity index (χ2n) is 6.14. The molecule has 1 aromatic carbocycles. The number of amides is 1. The highest BCUT2D eigenvalue weighted by atomic mass is 16.5. The Morgan fingerprint density at radius 1 is 1.28 bits per heavy atom. The largest absolute Gasteiger partial charge is 0.374 e. The number of carbonyl (C=O) groups is 1. The molecule has 2 heterocycles. The molecule has 0 unspecified atom stereocenters. The SMILES string of the molecule is CN1CCO[C@@H](CNC(=O)Cn2nc(-c3ccccc3)ccc2=O)C1. The number of likely N-dealkylation sites (N-methyl/N-ethyl adjacent to an activating group) is 1. The molecule has 25 heavy (non-hydrogen) atoms. The molecule has 2 aromatic rings. The molecule has 1 amide bonds. The summed E-state index contributed by atoms with van der Waals surface area (Å²) in [5.74, 6) is -0.253. The molecular weight excluding hydrogens is 320 g/mol. The maximum Gasteiger partial charge on any atom is 0.267 e. The molecular formula is C18H22N4O3. The molecule has 0 radical (unpaired) electrons. The van der Waals surface area contributed by atoms with Crippen molar-refractivity contribution in [2.75, 3.05) is 33.3 Å². The van der Waals surface area contributed by atoms with Crippen LogP contribution >= 0.6 is 0 Å². The van der Waals surface area contributed by atoms with Crippen molar-refractivity contribution in [3.8, 4) is 11.3 Å². The van der Waals surface area contributed by atoms with Gasteiger partial charge in [-0.1, -0.05) is 30.3 Å². The number of aromatic nitrogens is 2. The molecule has 1 aromatic heterocycles. The predicted molar refractivity (Wildman–Crippen MR) is 94.2 cm³/mol. The van der Waals surface area contributed by atoms with E-state index in [9.17, 15) is 9.59 Å². The number of hydrogen-bond acceptors (Lipinski definition) is 5. The fourth-order valence-corrected chi connectivity index (χ4v) is 2.73. The van der Waals surface area contributed by atoms with Crippen molar-refractivity contribution in [3.05, 3.63) is 52.8 Å². The van der Waals surface area contributed by atoms with Gasteiger partial charge in [0.2, 0.25) is 5.91 Å². The van der Waals surface area contributed by atoms with E-state index < -0.39 is 0 Å². The Hall–Kier alpha value is -2.51. The molecule has 7 heteroatoms. The summed E-state index contributed by atoms with van der Waals surface area (Å²) in [6.07, 6.45) is -0.0250. The highest BCUT2D eigenvalue weighted by molar-refractivity contribution is 5.75. The van der Waals surface area contributed by atoms with Gasteiger partial charge in [0.15, 0.2) is 0 Å². The summed E-state index contributed by atoms with van der Waals surface area (Å²) in [6, 6.07) is 12.6.